The highest BCUT2D eigenvalue weighted by atomic mass is 35.5. The minimum atomic E-state index is 0.618. The third kappa shape index (κ3) is 2.83. The van der Waals surface area contributed by atoms with Crippen molar-refractivity contribution in [3.05, 3.63) is 23.7 Å². The van der Waals surface area contributed by atoms with Crippen LogP contribution in [0.1, 0.15) is 43.6 Å². The number of rotatable bonds is 4. The number of imidazole rings is 1. The smallest absolute Gasteiger partial charge is 0.160 e. The minimum absolute atomic E-state index is 0.618. The Balaban J connectivity index is 1.96. The summed E-state index contributed by atoms with van der Waals surface area (Å²) in [7, 11) is 0. The molecule has 0 bridgehead atoms. The molecule has 0 aromatic carbocycles. The lowest BCUT2D eigenvalue weighted by Crippen LogP contribution is -2.16. The topological polar surface area (TPSA) is 30.7 Å². The average Bonchev–Trinajstić information content (AvgIpc) is 2.78. The first-order valence-corrected chi connectivity index (χ1v) is 8.20. The summed E-state index contributed by atoms with van der Waals surface area (Å²) in [5.41, 5.74) is 3.10. The van der Waals surface area contributed by atoms with E-state index in [1.807, 2.05) is 13.0 Å². The van der Waals surface area contributed by atoms with Crippen molar-refractivity contribution in [1.82, 2.24) is 14.5 Å². The van der Waals surface area contributed by atoms with Gasteiger partial charge in [-0.3, -0.25) is 0 Å². The molecule has 1 saturated carbocycles. The van der Waals surface area contributed by atoms with Crippen LogP contribution in [0.3, 0.4) is 0 Å². The molecule has 0 radical (unpaired) electrons. The highest BCUT2D eigenvalue weighted by molar-refractivity contribution is 6.17. The summed E-state index contributed by atoms with van der Waals surface area (Å²) >= 11 is 5.94. The van der Waals surface area contributed by atoms with Gasteiger partial charge >= 0.3 is 0 Å². The van der Waals surface area contributed by atoms with Gasteiger partial charge in [-0.2, -0.15) is 0 Å². The molecule has 2 heterocycles. The van der Waals surface area contributed by atoms with Gasteiger partial charge in [0, 0.05) is 24.5 Å². The van der Waals surface area contributed by atoms with Crippen LogP contribution < -0.4 is 0 Å². The van der Waals surface area contributed by atoms with Crippen LogP contribution in [0.2, 0.25) is 0 Å². The Labute approximate surface area is 125 Å². The molecule has 2 aromatic rings. The van der Waals surface area contributed by atoms with Gasteiger partial charge in [0.1, 0.15) is 11.3 Å². The predicted octanol–water partition coefficient (Wildman–Crippen LogP) is 4.10. The molecule has 2 aromatic heterocycles. The van der Waals surface area contributed by atoms with Gasteiger partial charge in [0.2, 0.25) is 0 Å². The molecular weight excluding hydrogens is 270 g/mol. The van der Waals surface area contributed by atoms with Crippen LogP contribution in [0.15, 0.2) is 12.1 Å². The maximum atomic E-state index is 5.94. The zero-order valence-corrected chi connectivity index (χ0v) is 12.9. The Hall–Kier alpha value is -1.09. The van der Waals surface area contributed by atoms with Crippen molar-refractivity contribution in [2.24, 2.45) is 5.92 Å². The van der Waals surface area contributed by atoms with E-state index in [1.165, 1.54) is 32.1 Å². The van der Waals surface area contributed by atoms with Gasteiger partial charge in [-0.25, -0.2) is 9.97 Å². The van der Waals surface area contributed by atoms with Gasteiger partial charge in [0.25, 0.3) is 0 Å². The summed E-state index contributed by atoms with van der Waals surface area (Å²) < 4.78 is 2.32. The van der Waals surface area contributed by atoms with E-state index in [1.54, 1.807) is 0 Å². The molecule has 0 aliphatic heterocycles. The maximum Gasteiger partial charge on any atom is 0.160 e. The third-order valence-electron chi connectivity index (χ3n) is 4.29. The fourth-order valence-corrected chi connectivity index (χ4v) is 3.41. The first-order chi connectivity index (χ1) is 9.78. The quantitative estimate of drug-likeness (QED) is 0.794. The Kier molecular flexibility index (Phi) is 4.25. The highest BCUT2D eigenvalue weighted by Gasteiger charge is 2.18. The van der Waals surface area contributed by atoms with Crippen LogP contribution in [0.25, 0.3) is 11.2 Å². The number of nitrogens with zero attached hydrogens (tertiary/aromatic N) is 3. The van der Waals surface area contributed by atoms with Crippen LogP contribution in [0, 0.1) is 12.8 Å². The lowest BCUT2D eigenvalue weighted by atomic mass is 9.89. The first-order valence-electron chi connectivity index (χ1n) is 7.66. The second-order valence-corrected chi connectivity index (χ2v) is 6.25. The summed E-state index contributed by atoms with van der Waals surface area (Å²) in [5.74, 6) is 2.49. The second kappa shape index (κ2) is 6.13. The van der Waals surface area contributed by atoms with E-state index < -0.39 is 0 Å². The van der Waals surface area contributed by atoms with E-state index in [9.17, 15) is 0 Å². The van der Waals surface area contributed by atoms with Crippen molar-refractivity contribution < 1.29 is 0 Å². The number of hydrogen-bond donors (Lipinski definition) is 0. The zero-order valence-electron chi connectivity index (χ0n) is 12.1. The van der Waals surface area contributed by atoms with E-state index in [2.05, 4.69) is 10.6 Å². The molecule has 0 spiro atoms. The summed E-state index contributed by atoms with van der Waals surface area (Å²) in [4.78, 5) is 9.43. The molecule has 0 atom stereocenters. The first kappa shape index (κ1) is 13.9. The zero-order chi connectivity index (χ0) is 13.9. The van der Waals surface area contributed by atoms with Gasteiger partial charge in [0.05, 0.1) is 0 Å². The minimum Gasteiger partial charge on any atom is -0.312 e. The summed E-state index contributed by atoms with van der Waals surface area (Å²) in [6.45, 7) is 3.10. The second-order valence-electron chi connectivity index (χ2n) is 5.88. The van der Waals surface area contributed by atoms with E-state index in [0.717, 1.165) is 41.6 Å². The Morgan fingerprint density at radius 2 is 2.00 bits per heavy atom. The molecule has 108 valence electrons. The summed E-state index contributed by atoms with van der Waals surface area (Å²) in [5, 5.41) is 0. The lowest BCUT2D eigenvalue weighted by Gasteiger charge is -2.23. The molecule has 0 N–H and O–H groups in total. The fraction of sp³-hybridized carbons (Fsp3) is 0.625. The van der Waals surface area contributed by atoms with E-state index >= 15 is 0 Å². The fourth-order valence-electron chi connectivity index (χ4n) is 3.24. The normalized spacial score (nSPS) is 16.9. The number of fused-ring (bicyclic) bond motifs is 1. The molecule has 0 saturated heterocycles. The predicted molar refractivity (Wildman–Crippen MR) is 83.3 cm³/mol. The standard InChI is InChI=1S/C16H22ClN3/c1-12-7-8-14-16(18-12)20(15(19-14)9-10-17)11-13-5-3-2-4-6-13/h7-8,13H,2-6,9-11H2,1H3. The van der Waals surface area contributed by atoms with Gasteiger partial charge in [0.15, 0.2) is 5.65 Å². The number of hydrogen-bond acceptors (Lipinski definition) is 2. The Morgan fingerprint density at radius 1 is 1.20 bits per heavy atom. The van der Waals surface area contributed by atoms with Gasteiger partial charge in [-0.15, -0.1) is 11.6 Å². The van der Waals surface area contributed by atoms with Crippen LogP contribution in [0.5, 0.6) is 0 Å². The number of aromatic nitrogens is 3. The summed E-state index contributed by atoms with van der Waals surface area (Å²) in [6.07, 6.45) is 7.64. The van der Waals surface area contributed by atoms with Crippen LogP contribution >= 0.6 is 11.6 Å². The Bertz CT molecular complexity index is 585. The Morgan fingerprint density at radius 3 is 2.75 bits per heavy atom. The van der Waals surface area contributed by atoms with Gasteiger partial charge < -0.3 is 4.57 Å². The number of alkyl halides is 1. The van der Waals surface area contributed by atoms with Crippen LogP contribution in [-0.2, 0) is 13.0 Å². The summed E-state index contributed by atoms with van der Waals surface area (Å²) in [6, 6.07) is 4.11. The molecular formula is C16H22ClN3. The van der Waals surface area contributed by atoms with E-state index in [4.69, 9.17) is 21.6 Å². The largest absolute Gasteiger partial charge is 0.312 e. The highest BCUT2D eigenvalue weighted by Crippen LogP contribution is 2.27. The van der Waals surface area contributed by atoms with Crippen molar-refractivity contribution >= 4 is 22.8 Å². The van der Waals surface area contributed by atoms with Gasteiger partial charge in [-0.05, 0) is 37.8 Å². The molecule has 0 unspecified atom stereocenters. The molecule has 3 rings (SSSR count). The lowest BCUT2D eigenvalue weighted by molar-refractivity contribution is 0.319. The molecule has 3 nitrogen and oxygen atoms in total. The molecule has 0 amide bonds. The number of pyridine rings is 1. The van der Waals surface area contributed by atoms with Crippen LogP contribution in [-0.4, -0.2) is 20.4 Å². The molecule has 1 fully saturated rings. The van der Waals surface area contributed by atoms with Crippen molar-refractivity contribution in [2.75, 3.05) is 5.88 Å². The molecule has 1 aliphatic carbocycles. The molecule has 20 heavy (non-hydrogen) atoms. The van der Waals surface area contributed by atoms with Crippen LogP contribution in [0.4, 0.5) is 0 Å². The number of halogens is 1. The van der Waals surface area contributed by atoms with Crippen molar-refractivity contribution in [3.8, 4) is 0 Å². The van der Waals surface area contributed by atoms with E-state index in [-0.39, 0.29) is 0 Å². The maximum absolute atomic E-state index is 5.94. The van der Waals surface area contributed by atoms with E-state index in [0.29, 0.717) is 5.88 Å². The monoisotopic (exact) mass is 291 g/mol. The number of aryl methyl sites for hydroxylation is 2. The molecule has 1 aliphatic rings. The van der Waals surface area contributed by atoms with Crippen molar-refractivity contribution in [2.45, 2.75) is 52.0 Å². The SMILES string of the molecule is Cc1ccc2nc(CCCl)n(CC3CCCCC3)c2n1. The average molecular weight is 292 g/mol. The van der Waals surface area contributed by atoms with Crippen molar-refractivity contribution in [1.29, 1.82) is 0 Å². The van der Waals surface area contributed by atoms with Gasteiger partial charge in [-0.1, -0.05) is 19.3 Å². The third-order valence-corrected chi connectivity index (χ3v) is 4.48. The van der Waals surface area contributed by atoms with Crippen molar-refractivity contribution in [3.63, 3.8) is 0 Å². The molecule has 4 heteroatoms.